The van der Waals surface area contributed by atoms with Crippen molar-refractivity contribution in [2.24, 2.45) is 5.92 Å². The van der Waals surface area contributed by atoms with Crippen molar-refractivity contribution in [2.45, 2.75) is 50.1 Å². The number of hydrogen-bond acceptors (Lipinski definition) is 3. The number of aromatic nitrogens is 2. The van der Waals surface area contributed by atoms with Crippen LogP contribution in [0.5, 0.6) is 0 Å². The minimum atomic E-state index is -3.69. The van der Waals surface area contributed by atoms with E-state index in [1.807, 2.05) is 26.0 Å². The number of aryl methyl sites for hydroxylation is 1. The molecule has 0 radical (unpaired) electrons. The molecule has 3 aromatic rings. The highest BCUT2D eigenvalue weighted by molar-refractivity contribution is 7.91. The lowest BCUT2D eigenvalue weighted by Gasteiger charge is -2.18. The van der Waals surface area contributed by atoms with Gasteiger partial charge in [-0.2, -0.15) is 0 Å². The van der Waals surface area contributed by atoms with Gasteiger partial charge in [-0.15, -0.1) is 0 Å². The molecule has 4 nitrogen and oxygen atoms in total. The largest absolute Gasteiger partial charge is 0.335 e. The summed E-state index contributed by atoms with van der Waals surface area (Å²) in [4.78, 5) is 6.99. The lowest BCUT2D eigenvalue weighted by atomic mass is 9.91. The molecule has 0 aliphatic rings. The highest BCUT2D eigenvalue weighted by Gasteiger charge is 2.26. The van der Waals surface area contributed by atoms with E-state index in [2.05, 4.69) is 48.1 Å². The summed E-state index contributed by atoms with van der Waals surface area (Å²) in [7, 11) is -3.69. The first kappa shape index (κ1) is 19.4. The predicted molar refractivity (Wildman–Crippen MR) is 108 cm³/mol. The zero-order chi connectivity index (χ0) is 19.6. The molecular weight excluding hydrogens is 356 g/mol. The Kier molecular flexibility index (Phi) is 5.51. The number of hydrogen-bond donors (Lipinski definition) is 1. The molecule has 0 amide bonds. The van der Waals surface area contributed by atoms with Gasteiger partial charge in [-0.3, -0.25) is 0 Å². The Hall–Kier alpha value is -2.40. The van der Waals surface area contributed by atoms with Crippen LogP contribution in [0.4, 0.5) is 0 Å². The van der Waals surface area contributed by atoms with Gasteiger partial charge >= 0.3 is 0 Å². The average Bonchev–Trinajstić information content (AvgIpc) is 3.16. The lowest BCUT2D eigenvalue weighted by molar-refractivity contribution is 0.587. The second-order valence-electron chi connectivity index (χ2n) is 7.50. The zero-order valence-corrected chi connectivity index (χ0v) is 17.0. The molecular formula is C22H26N2O2S. The van der Waals surface area contributed by atoms with Gasteiger partial charge in [0.05, 0.1) is 4.90 Å². The van der Waals surface area contributed by atoms with E-state index in [1.165, 1.54) is 18.0 Å². The fourth-order valence-corrected chi connectivity index (χ4v) is 4.77. The van der Waals surface area contributed by atoms with Crippen LogP contribution in [0.15, 0.2) is 64.9 Å². The first-order valence-electron chi connectivity index (χ1n) is 9.23. The van der Waals surface area contributed by atoms with Crippen molar-refractivity contribution >= 4 is 9.84 Å². The van der Waals surface area contributed by atoms with E-state index in [4.69, 9.17) is 0 Å². The first-order chi connectivity index (χ1) is 12.8. The molecule has 0 spiro atoms. The van der Waals surface area contributed by atoms with E-state index >= 15 is 0 Å². The molecule has 0 aliphatic carbocycles. The molecule has 5 heteroatoms. The maximum Gasteiger partial charge on any atom is 0.240 e. The maximum absolute atomic E-state index is 13.0. The molecule has 3 rings (SSSR count). The molecule has 27 heavy (non-hydrogen) atoms. The third kappa shape index (κ3) is 4.14. The SMILES string of the molecule is Cc1ccc(S(=O)(=O)c2ncc[nH]2)c(C(C)c2ccc(CC(C)C)cc2)c1. The molecule has 2 aromatic carbocycles. The highest BCUT2D eigenvalue weighted by atomic mass is 32.2. The standard InChI is InChI=1S/C22H26N2O2S/c1-15(2)13-18-6-8-19(9-7-18)17(4)20-14-16(3)5-10-21(20)27(25,26)22-23-11-12-24-22/h5-12,14-15,17H,13H2,1-4H3,(H,23,24). The molecule has 1 aromatic heterocycles. The first-order valence-corrected chi connectivity index (χ1v) is 10.7. The van der Waals surface area contributed by atoms with Gasteiger partial charge in [0, 0.05) is 18.3 Å². The van der Waals surface area contributed by atoms with Crippen LogP contribution in [0.3, 0.4) is 0 Å². The van der Waals surface area contributed by atoms with E-state index in [0.717, 1.165) is 23.1 Å². The number of nitrogens with one attached hydrogen (secondary N) is 1. The van der Waals surface area contributed by atoms with Gasteiger partial charge in [0.1, 0.15) is 0 Å². The van der Waals surface area contributed by atoms with Gasteiger partial charge in [-0.1, -0.05) is 62.7 Å². The van der Waals surface area contributed by atoms with Gasteiger partial charge in [0.15, 0.2) is 0 Å². The summed E-state index contributed by atoms with van der Waals surface area (Å²) >= 11 is 0. The van der Waals surface area contributed by atoms with Crippen molar-refractivity contribution in [3.8, 4) is 0 Å². The molecule has 1 N–H and O–H groups in total. The highest BCUT2D eigenvalue weighted by Crippen LogP contribution is 2.33. The van der Waals surface area contributed by atoms with Crippen LogP contribution < -0.4 is 0 Å². The summed E-state index contributed by atoms with van der Waals surface area (Å²) in [5, 5.41) is -0.0212. The van der Waals surface area contributed by atoms with Crippen LogP contribution in [0.25, 0.3) is 0 Å². The van der Waals surface area contributed by atoms with Crippen LogP contribution in [0, 0.1) is 12.8 Å². The summed E-state index contributed by atoms with van der Waals surface area (Å²) in [6.45, 7) is 8.43. The Morgan fingerprint density at radius 3 is 2.33 bits per heavy atom. The van der Waals surface area contributed by atoms with Crippen LogP contribution >= 0.6 is 0 Å². The summed E-state index contributed by atoms with van der Waals surface area (Å²) < 4.78 is 26.1. The number of nitrogens with zero attached hydrogens (tertiary/aromatic N) is 1. The van der Waals surface area contributed by atoms with Crippen LogP contribution in [0.2, 0.25) is 0 Å². The van der Waals surface area contributed by atoms with Crippen molar-refractivity contribution in [2.75, 3.05) is 0 Å². The summed E-state index contributed by atoms with van der Waals surface area (Å²) in [6.07, 6.45) is 4.02. The summed E-state index contributed by atoms with van der Waals surface area (Å²) in [6, 6.07) is 14.0. The smallest absolute Gasteiger partial charge is 0.240 e. The van der Waals surface area contributed by atoms with Crippen LogP contribution in [0.1, 0.15) is 48.9 Å². The van der Waals surface area contributed by atoms with Gasteiger partial charge < -0.3 is 4.98 Å². The van der Waals surface area contributed by atoms with Crippen LogP contribution in [-0.4, -0.2) is 18.4 Å². The number of imidazole rings is 1. The molecule has 1 atom stereocenters. The molecule has 0 aliphatic heterocycles. The molecule has 0 bridgehead atoms. The maximum atomic E-state index is 13.0. The molecule has 142 valence electrons. The summed E-state index contributed by atoms with van der Waals surface area (Å²) in [5.74, 6) is 0.563. The quantitative estimate of drug-likeness (QED) is 0.659. The van der Waals surface area contributed by atoms with Crippen molar-refractivity contribution < 1.29 is 8.42 Å². The van der Waals surface area contributed by atoms with Gasteiger partial charge in [-0.25, -0.2) is 13.4 Å². The number of rotatable bonds is 6. The Balaban J connectivity index is 2.02. The number of benzene rings is 2. The predicted octanol–water partition coefficient (Wildman–Crippen LogP) is 4.90. The second-order valence-corrected chi connectivity index (χ2v) is 9.33. The fraction of sp³-hybridized carbons (Fsp3) is 0.318. The Bertz CT molecular complexity index is 1000. The Morgan fingerprint density at radius 2 is 1.74 bits per heavy atom. The van der Waals surface area contributed by atoms with E-state index in [1.54, 1.807) is 6.07 Å². The Morgan fingerprint density at radius 1 is 1.04 bits per heavy atom. The Labute approximate surface area is 161 Å². The van der Waals surface area contributed by atoms with E-state index < -0.39 is 9.84 Å². The number of sulfone groups is 1. The van der Waals surface area contributed by atoms with E-state index in [9.17, 15) is 8.42 Å². The minimum absolute atomic E-state index is 0.0212. The third-order valence-corrected chi connectivity index (χ3v) is 6.46. The van der Waals surface area contributed by atoms with Crippen molar-refractivity contribution in [3.05, 3.63) is 77.1 Å². The van der Waals surface area contributed by atoms with Gasteiger partial charge in [-0.05, 0) is 42.0 Å². The van der Waals surface area contributed by atoms with Crippen molar-refractivity contribution in [1.82, 2.24) is 9.97 Å². The molecule has 0 saturated carbocycles. The van der Waals surface area contributed by atoms with Crippen molar-refractivity contribution in [3.63, 3.8) is 0 Å². The van der Waals surface area contributed by atoms with Crippen molar-refractivity contribution in [1.29, 1.82) is 0 Å². The van der Waals surface area contributed by atoms with Crippen LogP contribution in [-0.2, 0) is 16.3 Å². The minimum Gasteiger partial charge on any atom is -0.335 e. The fourth-order valence-electron chi connectivity index (χ4n) is 3.35. The monoisotopic (exact) mass is 382 g/mol. The van der Waals surface area contributed by atoms with E-state index in [-0.39, 0.29) is 11.1 Å². The third-order valence-electron chi connectivity index (χ3n) is 4.77. The van der Waals surface area contributed by atoms with Gasteiger partial charge in [0.2, 0.25) is 15.0 Å². The second kappa shape index (κ2) is 7.69. The molecule has 0 fully saturated rings. The number of aromatic amines is 1. The molecule has 0 saturated heterocycles. The number of H-pyrrole nitrogens is 1. The topological polar surface area (TPSA) is 62.8 Å². The van der Waals surface area contributed by atoms with E-state index in [0.29, 0.717) is 10.8 Å². The average molecular weight is 383 g/mol. The molecule has 1 unspecified atom stereocenters. The zero-order valence-electron chi connectivity index (χ0n) is 16.2. The molecule has 1 heterocycles. The van der Waals surface area contributed by atoms with Gasteiger partial charge in [0.25, 0.3) is 0 Å². The lowest BCUT2D eigenvalue weighted by Crippen LogP contribution is -2.10. The summed E-state index contributed by atoms with van der Waals surface area (Å²) in [5.41, 5.74) is 4.23. The normalized spacial score (nSPS) is 13.1.